The van der Waals surface area contributed by atoms with Gasteiger partial charge < -0.3 is 89.9 Å². The van der Waals surface area contributed by atoms with Crippen LogP contribution in [0.3, 0.4) is 0 Å². The van der Waals surface area contributed by atoms with Crippen molar-refractivity contribution in [3.63, 3.8) is 0 Å². The van der Waals surface area contributed by atoms with Gasteiger partial charge in [0.25, 0.3) is 0 Å². The normalized spacial score (nSPS) is 27.9. The van der Waals surface area contributed by atoms with E-state index >= 15 is 0 Å². The molecule has 3 aliphatic rings. The maximum atomic E-state index is 13.4. The van der Waals surface area contributed by atoms with Crippen LogP contribution in [0.4, 0.5) is 0 Å². The predicted octanol–water partition coefficient (Wildman–Crippen LogP) is 10.5. The van der Waals surface area contributed by atoms with Crippen molar-refractivity contribution in [2.24, 2.45) is 0 Å². The average molecular weight is 1320 g/mol. The van der Waals surface area contributed by atoms with Gasteiger partial charge in [-0.1, -0.05) is 254 Å². The topological polar surface area (TPSA) is 307 Å². The first-order valence-corrected chi connectivity index (χ1v) is 36.7. The van der Waals surface area contributed by atoms with Crippen LogP contribution in [0.5, 0.6) is 0 Å². The Morgan fingerprint density at radius 1 is 0.398 bits per heavy atom. The predicted molar refractivity (Wildman–Crippen MR) is 365 cm³/mol. The van der Waals surface area contributed by atoms with E-state index in [1.807, 2.05) is 6.08 Å². The van der Waals surface area contributed by atoms with Gasteiger partial charge in [0.2, 0.25) is 5.91 Å². The molecule has 3 heterocycles. The highest BCUT2D eigenvalue weighted by Crippen LogP contribution is 2.33. The van der Waals surface area contributed by atoms with Gasteiger partial charge >= 0.3 is 0 Å². The summed E-state index contributed by atoms with van der Waals surface area (Å²) in [4.78, 5) is 13.4. The molecule has 0 aromatic rings. The highest BCUT2D eigenvalue weighted by molar-refractivity contribution is 5.76. The lowest BCUT2D eigenvalue weighted by Crippen LogP contribution is -2.66. The quantitative estimate of drug-likeness (QED) is 0.0199. The van der Waals surface area contributed by atoms with Crippen LogP contribution in [0.25, 0.3) is 0 Å². The maximum Gasteiger partial charge on any atom is 0.220 e. The second kappa shape index (κ2) is 55.1. The molecule has 0 aromatic carbocycles. The van der Waals surface area contributed by atoms with Crippen LogP contribution in [0.2, 0.25) is 0 Å². The zero-order valence-electron chi connectivity index (χ0n) is 57.2. The third kappa shape index (κ3) is 36.6. The molecule has 17 unspecified atom stereocenters. The van der Waals surface area contributed by atoms with E-state index in [-0.39, 0.29) is 18.9 Å². The minimum absolute atomic E-state index is 0.236. The van der Waals surface area contributed by atoms with E-state index in [1.54, 1.807) is 6.08 Å². The summed E-state index contributed by atoms with van der Waals surface area (Å²) in [5.41, 5.74) is 0. The molecule has 3 aliphatic heterocycles. The largest absolute Gasteiger partial charge is 0.394 e. The number of aliphatic hydroxyl groups excluding tert-OH is 11. The molecule has 17 atom stereocenters. The van der Waals surface area contributed by atoms with Crippen LogP contribution < -0.4 is 5.32 Å². The number of unbranched alkanes of at least 4 members (excludes halogenated alkanes) is 30. The van der Waals surface area contributed by atoms with E-state index < -0.39 is 124 Å². The summed E-state index contributed by atoms with van der Waals surface area (Å²) in [5, 5.41) is 120. The molecular weight excluding hydrogens is 1190 g/mol. The number of ether oxygens (including phenoxy) is 6. The van der Waals surface area contributed by atoms with Crippen molar-refractivity contribution in [1.29, 1.82) is 0 Å². The molecule has 540 valence electrons. The minimum atomic E-state index is -1.98. The van der Waals surface area contributed by atoms with Gasteiger partial charge in [0.1, 0.15) is 73.2 Å². The van der Waals surface area contributed by atoms with Gasteiger partial charge in [-0.15, -0.1) is 0 Å². The Bertz CT molecular complexity index is 1970. The third-order valence-electron chi connectivity index (χ3n) is 18.0. The zero-order chi connectivity index (χ0) is 67.5. The Morgan fingerprint density at radius 3 is 1.20 bits per heavy atom. The van der Waals surface area contributed by atoms with Gasteiger partial charge in [0.05, 0.1) is 38.6 Å². The summed E-state index contributed by atoms with van der Waals surface area (Å²) in [6.07, 6.45) is 43.6. The number of hydrogen-bond acceptors (Lipinski definition) is 18. The standard InChI is InChI=1S/C74H131NO18/c1-3-5-7-9-11-13-15-16-17-18-19-20-21-22-23-24-25-26-27-28-29-30-31-32-33-34-35-36-37-38-39-40-42-44-46-48-50-52-62(80)75-57(58(79)51-49-47-45-43-41-14-12-10-8-6-4-2)56-88-72-68(86)65(83)70(60(54-77)90-72)93-74-69(87)66(84)71(61(55-78)91-74)92-73-67(85)64(82)63(81)59(53-76)89-73/h5,7,11,13,16-17,19-20,41,43,49,51,57-61,63-74,76-79,81-87H,3-4,6,8-10,12,14-15,18,21-40,42,44-48,50,52-56H2,1-2H3,(H,75,80)/b7-5-,13-11-,17-16-,20-19-,43-41+,51-49+. The Morgan fingerprint density at radius 2 is 0.753 bits per heavy atom. The molecule has 3 rings (SSSR count). The van der Waals surface area contributed by atoms with Gasteiger partial charge in [-0.25, -0.2) is 0 Å². The summed E-state index contributed by atoms with van der Waals surface area (Å²) >= 11 is 0. The van der Waals surface area contributed by atoms with Crippen molar-refractivity contribution in [2.45, 2.75) is 362 Å². The van der Waals surface area contributed by atoms with Crippen molar-refractivity contribution in [3.8, 4) is 0 Å². The minimum Gasteiger partial charge on any atom is -0.394 e. The van der Waals surface area contributed by atoms with Crippen LogP contribution in [0, 0.1) is 0 Å². The van der Waals surface area contributed by atoms with Crippen LogP contribution >= 0.6 is 0 Å². The number of allylic oxidation sites excluding steroid dienone is 11. The third-order valence-corrected chi connectivity index (χ3v) is 18.0. The smallest absolute Gasteiger partial charge is 0.220 e. The molecule has 1 amide bonds. The van der Waals surface area contributed by atoms with Gasteiger partial charge in [0, 0.05) is 6.42 Å². The van der Waals surface area contributed by atoms with Crippen molar-refractivity contribution in [1.82, 2.24) is 5.32 Å². The number of amides is 1. The molecule has 0 spiro atoms. The lowest BCUT2D eigenvalue weighted by molar-refractivity contribution is -0.379. The molecule has 19 heteroatoms. The Labute approximate surface area is 559 Å². The van der Waals surface area contributed by atoms with Crippen LogP contribution in [-0.4, -0.2) is 193 Å². The van der Waals surface area contributed by atoms with Crippen molar-refractivity contribution >= 4 is 5.91 Å². The Balaban J connectivity index is 1.30. The Hall–Kier alpha value is -2.77. The first kappa shape index (κ1) is 84.5. The summed E-state index contributed by atoms with van der Waals surface area (Å²) < 4.78 is 34.3. The van der Waals surface area contributed by atoms with E-state index in [9.17, 15) is 61.0 Å². The van der Waals surface area contributed by atoms with E-state index in [4.69, 9.17) is 28.4 Å². The van der Waals surface area contributed by atoms with Crippen LogP contribution in [0.15, 0.2) is 72.9 Å². The van der Waals surface area contributed by atoms with Gasteiger partial charge in [-0.3, -0.25) is 4.79 Å². The van der Waals surface area contributed by atoms with Gasteiger partial charge in [-0.2, -0.15) is 0 Å². The van der Waals surface area contributed by atoms with Crippen molar-refractivity contribution < 1.29 is 89.4 Å². The Kier molecular flexibility index (Phi) is 50.1. The maximum absolute atomic E-state index is 13.4. The number of rotatable bonds is 56. The fraction of sp³-hybridized carbons (Fsp3) is 0.824. The number of aliphatic hydroxyl groups is 11. The van der Waals surface area contributed by atoms with Crippen LogP contribution in [0.1, 0.15) is 258 Å². The molecule has 0 saturated carbocycles. The molecule has 3 saturated heterocycles. The summed E-state index contributed by atoms with van der Waals surface area (Å²) in [7, 11) is 0. The average Bonchev–Trinajstić information content (AvgIpc) is 0.805. The number of carbonyl (C=O) groups excluding carboxylic acids is 1. The van der Waals surface area contributed by atoms with E-state index in [0.717, 1.165) is 64.2 Å². The molecule has 93 heavy (non-hydrogen) atoms. The first-order valence-electron chi connectivity index (χ1n) is 36.7. The SMILES string of the molecule is CC/C=C\C/C=C\C/C=C\C/C=C\CCCCCCCCCCCCCCCCCCCCCCCCCCC(=O)NC(COC1OC(CO)C(OC2OC(CO)C(OC3OC(CO)C(O)C(O)C3O)C(O)C2O)C(O)C1O)C(O)/C=C/CC/C=C/CCCCCCC. The highest BCUT2D eigenvalue weighted by Gasteiger charge is 2.53. The zero-order valence-corrected chi connectivity index (χ0v) is 57.2. The number of carbonyl (C=O) groups is 1. The molecule has 12 N–H and O–H groups in total. The van der Waals surface area contributed by atoms with E-state index in [2.05, 4.69) is 79.9 Å². The summed E-state index contributed by atoms with van der Waals surface area (Å²) in [6.45, 7) is 1.57. The van der Waals surface area contributed by atoms with E-state index in [0.29, 0.717) is 12.8 Å². The molecule has 0 aromatic heterocycles. The fourth-order valence-corrected chi connectivity index (χ4v) is 12.1. The number of hydrogen-bond donors (Lipinski definition) is 12. The molecule has 3 fully saturated rings. The lowest BCUT2D eigenvalue weighted by Gasteiger charge is -2.48. The van der Waals surface area contributed by atoms with E-state index in [1.165, 1.54) is 161 Å². The first-order chi connectivity index (χ1) is 45.3. The number of nitrogens with one attached hydrogen (secondary N) is 1. The highest BCUT2D eigenvalue weighted by atomic mass is 16.8. The van der Waals surface area contributed by atoms with Gasteiger partial charge in [0.15, 0.2) is 18.9 Å². The van der Waals surface area contributed by atoms with Gasteiger partial charge in [-0.05, 0) is 70.6 Å². The lowest BCUT2D eigenvalue weighted by atomic mass is 9.96. The molecular formula is C74H131NO18. The van der Waals surface area contributed by atoms with Crippen LogP contribution in [-0.2, 0) is 33.2 Å². The molecule has 0 aliphatic carbocycles. The van der Waals surface area contributed by atoms with Crippen molar-refractivity contribution in [2.75, 3.05) is 26.4 Å². The summed E-state index contributed by atoms with van der Waals surface area (Å²) in [6, 6.07) is -0.989. The summed E-state index contributed by atoms with van der Waals surface area (Å²) in [5.74, 6) is -0.285. The second-order valence-corrected chi connectivity index (χ2v) is 26.0. The monoisotopic (exact) mass is 1320 g/mol. The second-order valence-electron chi connectivity index (χ2n) is 26.0. The molecule has 0 bridgehead atoms. The molecule has 19 nitrogen and oxygen atoms in total. The fourth-order valence-electron chi connectivity index (χ4n) is 12.1. The van der Waals surface area contributed by atoms with Crippen molar-refractivity contribution in [3.05, 3.63) is 72.9 Å². The molecule has 0 radical (unpaired) electrons.